The molecule has 0 amide bonds. The molecule has 1 fully saturated rings. The maximum absolute atomic E-state index is 11.3. The molecule has 2 aliphatic rings. The lowest BCUT2D eigenvalue weighted by atomic mass is 9.97. The Morgan fingerprint density at radius 1 is 1.21 bits per heavy atom. The van der Waals surface area contributed by atoms with Gasteiger partial charge < -0.3 is 19.5 Å². The van der Waals surface area contributed by atoms with Crippen molar-refractivity contribution in [3.8, 4) is 5.75 Å². The van der Waals surface area contributed by atoms with Gasteiger partial charge in [-0.05, 0) is 42.7 Å². The Hall–Kier alpha value is -2.77. The van der Waals surface area contributed by atoms with Crippen molar-refractivity contribution < 1.29 is 19.7 Å². The van der Waals surface area contributed by atoms with Gasteiger partial charge in [-0.15, -0.1) is 0 Å². The van der Waals surface area contributed by atoms with Crippen LogP contribution in [0.2, 0.25) is 5.02 Å². The van der Waals surface area contributed by atoms with E-state index in [0.717, 1.165) is 33.9 Å². The van der Waals surface area contributed by atoms with Crippen LogP contribution in [0.3, 0.4) is 0 Å². The SMILES string of the molecule is O=C(O)C1CCN(c2nc3cc(Cl)ccc3n2Cc2ccc3c(c2)OOC3)CC1. The highest BCUT2D eigenvalue weighted by molar-refractivity contribution is 6.31. The van der Waals surface area contributed by atoms with Crippen molar-refractivity contribution >= 4 is 34.6 Å². The summed E-state index contributed by atoms with van der Waals surface area (Å²) in [5.41, 5.74) is 3.92. The van der Waals surface area contributed by atoms with E-state index in [4.69, 9.17) is 26.4 Å². The van der Waals surface area contributed by atoms with Gasteiger partial charge in [0, 0.05) is 23.7 Å². The first-order chi connectivity index (χ1) is 14.1. The number of carboxylic acids is 1. The highest BCUT2D eigenvalue weighted by Crippen LogP contribution is 2.31. The number of halogens is 1. The molecule has 2 aromatic carbocycles. The third kappa shape index (κ3) is 3.41. The van der Waals surface area contributed by atoms with E-state index >= 15 is 0 Å². The smallest absolute Gasteiger partial charge is 0.306 e. The first-order valence-electron chi connectivity index (χ1n) is 9.63. The molecule has 0 unspecified atom stereocenters. The molecule has 0 radical (unpaired) electrons. The number of hydrogen-bond acceptors (Lipinski definition) is 5. The molecule has 8 heteroatoms. The molecule has 0 spiro atoms. The van der Waals surface area contributed by atoms with E-state index in [1.165, 1.54) is 0 Å². The fourth-order valence-electron chi connectivity index (χ4n) is 4.05. The summed E-state index contributed by atoms with van der Waals surface area (Å²) >= 11 is 6.19. The van der Waals surface area contributed by atoms with Crippen LogP contribution in [0.5, 0.6) is 5.75 Å². The zero-order chi connectivity index (χ0) is 20.0. The van der Waals surface area contributed by atoms with Gasteiger partial charge in [0.15, 0.2) is 5.75 Å². The van der Waals surface area contributed by atoms with E-state index in [0.29, 0.717) is 44.1 Å². The van der Waals surface area contributed by atoms with Gasteiger partial charge in [0.05, 0.1) is 23.5 Å². The number of benzene rings is 2. The summed E-state index contributed by atoms with van der Waals surface area (Å²) in [7, 11) is 0. The lowest BCUT2D eigenvalue weighted by Crippen LogP contribution is -2.37. The fourth-order valence-corrected chi connectivity index (χ4v) is 4.21. The van der Waals surface area contributed by atoms with Crippen LogP contribution in [0.4, 0.5) is 5.95 Å². The molecule has 29 heavy (non-hydrogen) atoms. The normalized spacial score (nSPS) is 16.8. The van der Waals surface area contributed by atoms with Crippen LogP contribution in [-0.2, 0) is 22.8 Å². The van der Waals surface area contributed by atoms with E-state index in [2.05, 4.69) is 15.5 Å². The fraction of sp³-hybridized carbons (Fsp3) is 0.333. The largest absolute Gasteiger partial charge is 0.481 e. The number of aromatic nitrogens is 2. The quantitative estimate of drug-likeness (QED) is 0.654. The van der Waals surface area contributed by atoms with Gasteiger partial charge >= 0.3 is 5.97 Å². The predicted octanol–water partition coefficient (Wildman–Crippen LogP) is 3.86. The molecular weight excluding hydrogens is 394 g/mol. The van der Waals surface area contributed by atoms with Crippen LogP contribution in [0, 0.1) is 5.92 Å². The molecule has 3 aromatic rings. The molecule has 1 aromatic heterocycles. The van der Waals surface area contributed by atoms with Crippen LogP contribution in [0.1, 0.15) is 24.0 Å². The molecule has 1 N–H and O–H groups in total. The zero-order valence-corrected chi connectivity index (χ0v) is 16.4. The molecule has 0 aliphatic carbocycles. The van der Waals surface area contributed by atoms with Crippen LogP contribution in [0.25, 0.3) is 11.0 Å². The Balaban J connectivity index is 1.51. The number of anilines is 1. The summed E-state index contributed by atoms with van der Waals surface area (Å²) in [5.74, 6) is 0.584. The molecule has 5 rings (SSSR count). The molecule has 2 aliphatic heterocycles. The number of carbonyl (C=O) groups is 1. The highest BCUT2D eigenvalue weighted by atomic mass is 35.5. The lowest BCUT2D eigenvalue weighted by molar-refractivity contribution is -0.194. The van der Waals surface area contributed by atoms with Crippen molar-refractivity contribution in [3.05, 3.63) is 52.5 Å². The standard InChI is InChI=1S/C21H20ClN3O4/c22-16-3-4-18-17(10-16)23-21(24-7-5-14(6-8-24)20(26)27)25(18)11-13-1-2-15-12-28-29-19(15)9-13/h1-4,9-10,14H,5-8,11-12H2,(H,26,27). The Bertz CT molecular complexity index is 1090. The Morgan fingerprint density at radius 2 is 2.03 bits per heavy atom. The summed E-state index contributed by atoms with van der Waals surface area (Å²) in [4.78, 5) is 28.6. The van der Waals surface area contributed by atoms with Crippen LogP contribution in [0.15, 0.2) is 36.4 Å². The number of hydrogen-bond donors (Lipinski definition) is 1. The number of carboxylic acid groups (broad SMARTS) is 1. The van der Waals surface area contributed by atoms with Gasteiger partial charge in [0.1, 0.15) is 6.61 Å². The minimum Gasteiger partial charge on any atom is -0.481 e. The second-order valence-corrected chi connectivity index (χ2v) is 7.95. The molecule has 0 bridgehead atoms. The number of fused-ring (bicyclic) bond motifs is 2. The number of aliphatic carboxylic acids is 1. The second-order valence-electron chi connectivity index (χ2n) is 7.52. The van der Waals surface area contributed by atoms with Crippen molar-refractivity contribution in [1.82, 2.24) is 9.55 Å². The summed E-state index contributed by atoms with van der Waals surface area (Å²) in [6.07, 6.45) is 1.23. The molecule has 0 atom stereocenters. The van der Waals surface area contributed by atoms with Gasteiger partial charge in [0.25, 0.3) is 0 Å². The van der Waals surface area contributed by atoms with Crippen molar-refractivity contribution in [2.75, 3.05) is 18.0 Å². The number of imidazole rings is 1. The van der Waals surface area contributed by atoms with Crippen molar-refractivity contribution in [2.45, 2.75) is 26.0 Å². The third-order valence-electron chi connectivity index (χ3n) is 5.65. The average Bonchev–Trinajstić information content (AvgIpc) is 3.32. The highest BCUT2D eigenvalue weighted by Gasteiger charge is 2.27. The summed E-state index contributed by atoms with van der Waals surface area (Å²) in [5, 5.41) is 9.93. The first-order valence-corrected chi connectivity index (χ1v) is 10.0. The van der Waals surface area contributed by atoms with Crippen LogP contribution < -0.4 is 9.79 Å². The van der Waals surface area contributed by atoms with Gasteiger partial charge in [0.2, 0.25) is 5.95 Å². The Kier molecular flexibility index (Phi) is 4.56. The van der Waals surface area contributed by atoms with Crippen LogP contribution in [-0.4, -0.2) is 33.7 Å². The van der Waals surface area contributed by atoms with Crippen molar-refractivity contribution in [1.29, 1.82) is 0 Å². The third-order valence-corrected chi connectivity index (χ3v) is 5.89. The topological polar surface area (TPSA) is 76.8 Å². The summed E-state index contributed by atoms with van der Waals surface area (Å²) < 4.78 is 2.16. The molecule has 3 heterocycles. The van der Waals surface area contributed by atoms with E-state index < -0.39 is 5.97 Å². The van der Waals surface area contributed by atoms with Crippen molar-refractivity contribution in [3.63, 3.8) is 0 Å². The molecular formula is C21H20ClN3O4. The number of rotatable bonds is 4. The lowest BCUT2D eigenvalue weighted by Gasteiger charge is -2.31. The Labute approximate surface area is 172 Å². The minimum absolute atomic E-state index is 0.285. The summed E-state index contributed by atoms with van der Waals surface area (Å²) in [6, 6.07) is 11.8. The second kappa shape index (κ2) is 7.24. The molecule has 150 valence electrons. The van der Waals surface area contributed by atoms with Crippen LogP contribution >= 0.6 is 11.6 Å². The van der Waals surface area contributed by atoms with E-state index in [9.17, 15) is 9.90 Å². The number of piperidine rings is 1. The monoisotopic (exact) mass is 413 g/mol. The van der Waals surface area contributed by atoms with Gasteiger partial charge in [-0.1, -0.05) is 23.7 Å². The van der Waals surface area contributed by atoms with Crippen molar-refractivity contribution in [2.24, 2.45) is 5.92 Å². The van der Waals surface area contributed by atoms with Gasteiger partial charge in [-0.3, -0.25) is 4.79 Å². The first kappa shape index (κ1) is 18.3. The average molecular weight is 414 g/mol. The van der Waals surface area contributed by atoms with Gasteiger partial charge in [-0.2, -0.15) is 4.89 Å². The Morgan fingerprint density at radius 3 is 2.83 bits per heavy atom. The molecule has 0 saturated carbocycles. The molecule has 1 saturated heterocycles. The van der Waals surface area contributed by atoms with E-state index in [1.54, 1.807) is 0 Å². The zero-order valence-electron chi connectivity index (χ0n) is 15.7. The minimum atomic E-state index is -0.717. The van der Waals surface area contributed by atoms with E-state index in [-0.39, 0.29) is 5.92 Å². The number of nitrogens with zero attached hydrogens (tertiary/aromatic N) is 3. The predicted molar refractivity (Wildman–Crippen MR) is 108 cm³/mol. The maximum Gasteiger partial charge on any atom is 0.306 e. The summed E-state index contributed by atoms with van der Waals surface area (Å²) in [6.45, 7) is 2.40. The van der Waals surface area contributed by atoms with E-state index in [1.807, 2.05) is 30.3 Å². The molecule has 7 nitrogen and oxygen atoms in total. The van der Waals surface area contributed by atoms with Gasteiger partial charge in [-0.25, -0.2) is 4.98 Å². The maximum atomic E-state index is 11.3.